The molecule has 0 aliphatic heterocycles. The number of hydrogen-bond acceptors (Lipinski definition) is 6. The summed E-state index contributed by atoms with van der Waals surface area (Å²) in [6.45, 7) is 2.52. The molecule has 0 radical (unpaired) electrons. The molecule has 0 spiro atoms. The number of ether oxygens (including phenoxy) is 1. The molecular weight excluding hydrogens is 390 g/mol. The van der Waals surface area contributed by atoms with Crippen LogP contribution in [0, 0.1) is 0 Å². The molecule has 0 heterocycles. The monoisotopic (exact) mass is 417 g/mol. The van der Waals surface area contributed by atoms with Gasteiger partial charge in [0, 0.05) is 24.2 Å². The van der Waals surface area contributed by atoms with E-state index in [9.17, 15) is 8.42 Å². The number of rotatable bonds is 5. The van der Waals surface area contributed by atoms with Crippen LogP contribution in [0.25, 0.3) is 10.8 Å². The first-order valence-corrected chi connectivity index (χ1v) is 10.5. The van der Waals surface area contributed by atoms with Crippen molar-refractivity contribution in [1.82, 2.24) is 0 Å². The van der Waals surface area contributed by atoms with Crippen molar-refractivity contribution >= 4 is 38.0 Å². The Labute approximate surface area is 171 Å². The highest BCUT2D eigenvalue weighted by Crippen LogP contribution is 2.26. The number of methoxy groups -OCH3 is 1. The second-order valence-corrected chi connectivity index (χ2v) is 8.01. The van der Waals surface area contributed by atoms with Crippen molar-refractivity contribution in [3.8, 4) is 0 Å². The van der Waals surface area contributed by atoms with Crippen molar-refractivity contribution in [3.05, 3.63) is 59.7 Å². The minimum atomic E-state index is -4.22. The Balaban J connectivity index is 0.000000253. The van der Waals surface area contributed by atoms with Crippen LogP contribution in [-0.4, -0.2) is 26.7 Å². The lowest BCUT2D eigenvalue weighted by Gasteiger charge is -2.09. The highest BCUT2D eigenvalue weighted by atomic mass is 32.2. The fraction of sp³-hybridized carbons (Fsp3) is 0.238. The summed E-state index contributed by atoms with van der Waals surface area (Å²) in [6, 6.07) is 13.7. The lowest BCUT2D eigenvalue weighted by molar-refractivity contribution is 0.202. The zero-order valence-electron chi connectivity index (χ0n) is 16.6. The zero-order valence-corrected chi connectivity index (χ0v) is 17.4. The van der Waals surface area contributed by atoms with E-state index in [1.54, 1.807) is 25.3 Å². The van der Waals surface area contributed by atoms with Gasteiger partial charge >= 0.3 is 0 Å². The molecule has 0 fully saturated rings. The minimum Gasteiger partial charge on any atom is -0.399 e. The van der Waals surface area contributed by atoms with E-state index in [4.69, 9.17) is 26.5 Å². The Morgan fingerprint density at radius 2 is 1.59 bits per heavy atom. The van der Waals surface area contributed by atoms with Gasteiger partial charge in [0.25, 0.3) is 10.1 Å². The third kappa shape index (κ3) is 6.08. The quantitative estimate of drug-likeness (QED) is 0.369. The summed E-state index contributed by atoms with van der Waals surface area (Å²) in [6.07, 6.45) is 1.48. The van der Waals surface area contributed by atoms with Gasteiger partial charge in [0.2, 0.25) is 0 Å². The van der Waals surface area contributed by atoms with Crippen LogP contribution in [0.1, 0.15) is 18.1 Å². The van der Waals surface area contributed by atoms with E-state index in [1.165, 1.54) is 12.1 Å². The Morgan fingerprint density at radius 1 is 0.931 bits per heavy atom. The van der Waals surface area contributed by atoms with E-state index in [2.05, 4.69) is 6.92 Å². The van der Waals surface area contributed by atoms with Gasteiger partial charge in [0.15, 0.2) is 0 Å². The standard InChI is InChI=1S/C13H15NO4S.C8H12N2/c1-18-5-4-10-7-12(19(15,16)17)6-9-2-3-11(14)8-13(9)10;1-2-6-5-7(9)3-4-8(6)10/h2-3,6-8H,4-5,14H2,1H3,(H,15,16,17);3-5H,2,9-10H2,1H3. The summed E-state index contributed by atoms with van der Waals surface area (Å²) < 4.78 is 36.7. The molecule has 0 aromatic heterocycles. The molecule has 0 saturated heterocycles. The lowest BCUT2D eigenvalue weighted by atomic mass is 10.0. The third-order valence-electron chi connectivity index (χ3n) is 4.46. The van der Waals surface area contributed by atoms with Crippen molar-refractivity contribution in [2.45, 2.75) is 24.7 Å². The molecule has 156 valence electrons. The zero-order chi connectivity index (χ0) is 21.6. The van der Waals surface area contributed by atoms with Crippen molar-refractivity contribution in [1.29, 1.82) is 0 Å². The van der Waals surface area contributed by atoms with Crippen LogP contribution in [0.5, 0.6) is 0 Å². The molecule has 3 rings (SSSR count). The molecule has 8 heteroatoms. The summed E-state index contributed by atoms with van der Waals surface area (Å²) in [5, 5.41) is 1.58. The normalized spacial score (nSPS) is 11.1. The average Bonchev–Trinajstić information content (AvgIpc) is 2.67. The van der Waals surface area contributed by atoms with Gasteiger partial charge in [0.05, 0.1) is 11.5 Å². The smallest absolute Gasteiger partial charge is 0.294 e. The number of aryl methyl sites for hydroxylation is 1. The molecule has 0 unspecified atom stereocenters. The summed E-state index contributed by atoms with van der Waals surface area (Å²) in [5.74, 6) is 0. The Morgan fingerprint density at radius 3 is 2.17 bits per heavy atom. The lowest BCUT2D eigenvalue weighted by Crippen LogP contribution is -2.02. The van der Waals surface area contributed by atoms with Gasteiger partial charge in [0.1, 0.15) is 0 Å². The van der Waals surface area contributed by atoms with Crippen LogP contribution >= 0.6 is 0 Å². The maximum atomic E-state index is 11.3. The molecule has 0 bridgehead atoms. The maximum Gasteiger partial charge on any atom is 0.294 e. The molecule has 0 aliphatic carbocycles. The fourth-order valence-corrected chi connectivity index (χ4v) is 3.49. The van der Waals surface area contributed by atoms with Gasteiger partial charge in [-0.2, -0.15) is 8.42 Å². The number of hydrogen-bond donors (Lipinski definition) is 4. The first kappa shape index (κ1) is 22.5. The molecule has 3 aromatic carbocycles. The average molecular weight is 418 g/mol. The van der Waals surface area contributed by atoms with Crippen molar-refractivity contribution in [3.63, 3.8) is 0 Å². The van der Waals surface area contributed by atoms with E-state index in [-0.39, 0.29) is 4.90 Å². The fourth-order valence-electron chi connectivity index (χ4n) is 2.92. The number of nitrogens with two attached hydrogens (primary N) is 3. The van der Waals surface area contributed by atoms with Crippen molar-refractivity contribution in [2.24, 2.45) is 0 Å². The first-order valence-electron chi connectivity index (χ1n) is 9.08. The summed E-state index contributed by atoms with van der Waals surface area (Å²) >= 11 is 0. The third-order valence-corrected chi connectivity index (χ3v) is 5.29. The van der Waals surface area contributed by atoms with E-state index in [0.717, 1.165) is 39.7 Å². The molecule has 3 aromatic rings. The van der Waals surface area contributed by atoms with Gasteiger partial charge in [-0.25, -0.2) is 0 Å². The van der Waals surface area contributed by atoms with Crippen LogP contribution in [-0.2, 0) is 27.7 Å². The van der Waals surface area contributed by atoms with Gasteiger partial charge in [-0.05, 0) is 77.2 Å². The summed E-state index contributed by atoms with van der Waals surface area (Å²) in [7, 11) is -2.65. The second kappa shape index (κ2) is 9.60. The van der Waals surface area contributed by atoms with Gasteiger partial charge in [-0.15, -0.1) is 0 Å². The predicted molar refractivity (Wildman–Crippen MR) is 118 cm³/mol. The highest BCUT2D eigenvalue weighted by Gasteiger charge is 2.13. The summed E-state index contributed by atoms with van der Waals surface area (Å²) in [4.78, 5) is -0.115. The van der Waals surface area contributed by atoms with Crippen molar-refractivity contribution < 1.29 is 17.7 Å². The second-order valence-electron chi connectivity index (χ2n) is 6.59. The molecule has 29 heavy (non-hydrogen) atoms. The minimum absolute atomic E-state index is 0.115. The molecule has 7 nitrogen and oxygen atoms in total. The topological polar surface area (TPSA) is 142 Å². The molecule has 0 atom stereocenters. The van der Waals surface area contributed by atoms with E-state index in [0.29, 0.717) is 18.7 Å². The highest BCUT2D eigenvalue weighted by molar-refractivity contribution is 7.85. The summed E-state index contributed by atoms with van der Waals surface area (Å²) in [5.41, 5.74) is 21.1. The molecular formula is C21H27N3O4S. The number of anilines is 3. The van der Waals surface area contributed by atoms with Crippen LogP contribution in [0.3, 0.4) is 0 Å². The molecule has 0 aliphatic rings. The van der Waals surface area contributed by atoms with Crippen LogP contribution in [0.2, 0.25) is 0 Å². The number of benzene rings is 3. The largest absolute Gasteiger partial charge is 0.399 e. The van der Waals surface area contributed by atoms with Crippen LogP contribution in [0.4, 0.5) is 17.1 Å². The SMILES string of the molecule is CCc1cc(N)ccc1N.COCCc1cc(S(=O)(=O)O)cc2ccc(N)cc12. The van der Waals surface area contributed by atoms with Crippen LogP contribution < -0.4 is 17.2 Å². The first-order chi connectivity index (χ1) is 13.7. The molecule has 0 amide bonds. The van der Waals surface area contributed by atoms with Gasteiger partial charge in [-0.3, -0.25) is 4.55 Å². The molecule has 0 saturated carbocycles. The Kier molecular flexibility index (Phi) is 7.44. The van der Waals surface area contributed by atoms with Gasteiger partial charge < -0.3 is 21.9 Å². The van der Waals surface area contributed by atoms with Crippen LogP contribution in [0.15, 0.2) is 53.4 Å². The van der Waals surface area contributed by atoms with Gasteiger partial charge in [-0.1, -0.05) is 13.0 Å². The predicted octanol–water partition coefficient (Wildman–Crippen LogP) is 3.27. The van der Waals surface area contributed by atoms with E-state index in [1.807, 2.05) is 18.2 Å². The Bertz CT molecular complexity index is 1100. The molecule has 7 N–H and O–H groups in total. The number of nitrogen functional groups attached to an aromatic ring is 3. The number of fused-ring (bicyclic) bond motifs is 1. The maximum absolute atomic E-state index is 11.3. The van der Waals surface area contributed by atoms with E-state index < -0.39 is 10.1 Å². The van der Waals surface area contributed by atoms with E-state index >= 15 is 0 Å². The van der Waals surface area contributed by atoms with Crippen molar-refractivity contribution in [2.75, 3.05) is 30.9 Å². The Hall–Kier alpha value is -2.81.